The summed E-state index contributed by atoms with van der Waals surface area (Å²) in [6.45, 7) is 4.66. The van der Waals surface area contributed by atoms with Crippen LogP contribution in [0.1, 0.15) is 26.7 Å². The number of benzene rings is 1. The number of amides is 2. The number of imide groups is 1. The Labute approximate surface area is 157 Å². The first-order chi connectivity index (χ1) is 12.5. The van der Waals surface area contributed by atoms with Crippen LogP contribution in [0.25, 0.3) is 0 Å². The molecule has 2 amide bonds. The van der Waals surface area contributed by atoms with E-state index in [0.29, 0.717) is 30.4 Å². The smallest absolute Gasteiger partial charge is 0.365 e. The number of hydrogen-bond acceptors (Lipinski definition) is 6. The second-order valence-corrected chi connectivity index (χ2v) is 7.12. The van der Waals surface area contributed by atoms with Gasteiger partial charge in [0.25, 0.3) is 0 Å². The van der Waals surface area contributed by atoms with Crippen LogP contribution in [0.4, 0.5) is 5.69 Å². The monoisotopic (exact) mass is 381 g/mol. The number of carbonyl (C=O) groups is 3. The molecule has 2 rings (SSSR count). The number of rotatable bonds is 9. The van der Waals surface area contributed by atoms with Crippen LogP contribution < -0.4 is 15.4 Å². The van der Waals surface area contributed by atoms with Crippen LogP contribution in [0, 0.1) is 0 Å². The molecule has 1 heterocycles. The van der Waals surface area contributed by atoms with E-state index in [0.717, 1.165) is 6.42 Å². The molecule has 7 nitrogen and oxygen atoms in total. The van der Waals surface area contributed by atoms with Gasteiger partial charge in [0.15, 0.2) is 6.04 Å². The number of esters is 1. The zero-order valence-electron chi connectivity index (χ0n) is 15.1. The van der Waals surface area contributed by atoms with Crippen LogP contribution in [-0.4, -0.2) is 48.0 Å². The summed E-state index contributed by atoms with van der Waals surface area (Å²) in [4.78, 5) is 37.7. The predicted molar refractivity (Wildman–Crippen MR) is 98.9 cm³/mol. The molecular weight excluding hydrogens is 356 g/mol. The van der Waals surface area contributed by atoms with Gasteiger partial charge in [0, 0.05) is 6.42 Å². The van der Waals surface area contributed by atoms with E-state index in [9.17, 15) is 14.4 Å². The molecule has 142 valence electrons. The summed E-state index contributed by atoms with van der Waals surface area (Å²) >= 11 is 1.27. The molecule has 0 radical (unpaired) electrons. The van der Waals surface area contributed by atoms with Gasteiger partial charge in [-0.3, -0.25) is 9.59 Å². The number of hydrogen-bond donors (Lipinski definition) is 1. The quantitative estimate of drug-likeness (QED) is 0.506. The van der Waals surface area contributed by atoms with Crippen LogP contribution in [-0.2, 0) is 19.1 Å². The van der Waals surface area contributed by atoms with E-state index in [1.54, 1.807) is 31.2 Å². The summed E-state index contributed by atoms with van der Waals surface area (Å²) in [6, 6.07) is 6.34. The molecule has 1 fully saturated rings. The Balaban J connectivity index is 1.96. The van der Waals surface area contributed by atoms with Gasteiger partial charge in [-0.25, -0.2) is 9.69 Å². The number of nitrogens with zero attached hydrogens (tertiary/aromatic N) is 1. The maximum Gasteiger partial charge on any atom is 0.365 e. The fourth-order valence-corrected chi connectivity index (χ4v) is 3.59. The highest BCUT2D eigenvalue weighted by molar-refractivity contribution is 8.00. The van der Waals surface area contributed by atoms with Crippen molar-refractivity contribution in [3.05, 3.63) is 24.3 Å². The van der Waals surface area contributed by atoms with E-state index in [4.69, 9.17) is 9.47 Å². The van der Waals surface area contributed by atoms with Gasteiger partial charge in [-0.2, -0.15) is 0 Å². The van der Waals surface area contributed by atoms with Crippen LogP contribution >= 0.6 is 11.8 Å². The molecule has 3 N–H and O–H groups in total. The molecule has 0 saturated carbocycles. The molecule has 26 heavy (non-hydrogen) atoms. The number of quaternary nitrogens is 1. The summed E-state index contributed by atoms with van der Waals surface area (Å²) < 4.78 is 10.4. The lowest BCUT2D eigenvalue weighted by Gasteiger charge is -2.16. The van der Waals surface area contributed by atoms with Gasteiger partial charge in [-0.1, -0.05) is 6.92 Å². The molecule has 0 bridgehead atoms. The van der Waals surface area contributed by atoms with Crippen molar-refractivity contribution < 1.29 is 29.6 Å². The van der Waals surface area contributed by atoms with Crippen molar-refractivity contribution in [2.45, 2.75) is 38.0 Å². The maximum atomic E-state index is 12.6. The zero-order valence-corrected chi connectivity index (χ0v) is 15.9. The van der Waals surface area contributed by atoms with E-state index in [-0.39, 0.29) is 18.2 Å². The third kappa shape index (κ3) is 4.98. The molecule has 0 aromatic heterocycles. The Kier molecular flexibility index (Phi) is 7.47. The first-order valence-corrected chi connectivity index (χ1v) is 9.73. The lowest BCUT2D eigenvalue weighted by Crippen LogP contribution is -2.66. The third-order valence-corrected chi connectivity index (χ3v) is 5.16. The lowest BCUT2D eigenvalue weighted by molar-refractivity contribution is -0.401. The van der Waals surface area contributed by atoms with E-state index < -0.39 is 17.3 Å². The van der Waals surface area contributed by atoms with Crippen molar-refractivity contribution in [3.63, 3.8) is 0 Å². The Bertz CT molecular complexity index is 649. The number of ether oxygens (including phenoxy) is 2. The molecule has 0 unspecified atom stereocenters. The molecule has 1 aromatic carbocycles. The molecule has 0 spiro atoms. The largest absolute Gasteiger partial charge is 0.494 e. The zero-order chi connectivity index (χ0) is 19.1. The summed E-state index contributed by atoms with van der Waals surface area (Å²) in [7, 11) is 0. The number of thioether (sulfide) groups is 1. The van der Waals surface area contributed by atoms with Crippen molar-refractivity contribution in [3.8, 4) is 5.75 Å². The van der Waals surface area contributed by atoms with Gasteiger partial charge in [-0.05, 0) is 37.6 Å². The SMILES string of the molecule is CCCOc1ccc(N2C(=O)C[C@H](SC[C@H]([NH3+])C(=O)OCC)C2=O)cc1. The van der Waals surface area contributed by atoms with Crippen molar-refractivity contribution in [2.24, 2.45) is 0 Å². The van der Waals surface area contributed by atoms with E-state index in [1.165, 1.54) is 16.7 Å². The first kappa shape index (κ1) is 20.3. The summed E-state index contributed by atoms with van der Waals surface area (Å²) in [5.41, 5.74) is 4.28. The predicted octanol–water partition coefficient (Wildman–Crippen LogP) is 1.01. The Hall–Kier alpha value is -2.06. The average Bonchev–Trinajstić information content (AvgIpc) is 2.92. The Morgan fingerprint density at radius 1 is 1.31 bits per heavy atom. The van der Waals surface area contributed by atoms with Crippen molar-refractivity contribution in [2.75, 3.05) is 23.9 Å². The van der Waals surface area contributed by atoms with Crippen molar-refractivity contribution in [1.29, 1.82) is 0 Å². The second kappa shape index (κ2) is 9.59. The third-order valence-electron chi connectivity index (χ3n) is 3.79. The second-order valence-electron chi connectivity index (χ2n) is 5.88. The highest BCUT2D eigenvalue weighted by atomic mass is 32.2. The minimum atomic E-state index is -0.563. The maximum absolute atomic E-state index is 12.6. The highest BCUT2D eigenvalue weighted by Gasteiger charge is 2.40. The standard InChI is InChI=1S/C18H24N2O5S/c1-3-9-25-13-7-5-12(6-8-13)20-16(21)10-15(17(20)22)26-11-14(19)18(23)24-4-2/h5-8,14-15H,3-4,9-11,19H2,1-2H3/p+1/t14-,15-/m0/s1. The van der Waals surface area contributed by atoms with Crippen LogP contribution in [0.15, 0.2) is 24.3 Å². The normalized spacial score (nSPS) is 18.1. The summed E-state index contributed by atoms with van der Waals surface area (Å²) in [5.74, 6) is 0.135. The minimum Gasteiger partial charge on any atom is -0.494 e. The number of anilines is 1. The molecular formula is C18H25N2O5S+. The number of carbonyl (C=O) groups excluding carboxylic acids is 3. The molecule has 2 atom stereocenters. The van der Waals surface area contributed by atoms with Crippen LogP contribution in [0.3, 0.4) is 0 Å². The Morgan fingerprint density at radius 2 is 2.00 bits per heavy atom. The van der Waals surface area contributed by atoms with E-state index in [1.807, 2.05) is 6.92 Å². The van der Waals surface area contributed by atoms with Gasteiger partial charge in [0.1, 0.15) is 5.75 Å². The summed E-state index contributed by atoms with van der Waals surface area (Å²) in [5, 5.41) is -0.503. The van der Waals surface area contributed by atoms with Gasteiger partial charge in [0.2, 0.25) is 11.8 Å². The van der Waals surface area contributed by atoms with Gasteiger partial charge in [-0.15, -0.1) is 11.8 Å². The van der Waals surface area contributed by atoms with Gasteiger partial charge < -0.3 is 15.2 Å². The highest BCUT2D eigenvalue weighted by Crippen LogP contribution is 2.30. The lowest BCUT2D eigenvalue weighted by atomic mass is 10.3. The van der Waals surface area contributed by atoms with E-state index in [2.05, 4.69) is 5.73 Å². The summed E-state index contributed by atoms with van der Waals surface area (Å²) in [6.07, 6.45) is 1.02. The fourth-order valence-electron chi connectivity index (χ4n) is 2.48. The topological polar surface area (TPSA) is 101 Å². The van der Waals surface area contributed by atoms with Gasteiger partial charge in [0.05, 0.1) is 29.9 Å². The Morgan fingerprint density at radius 3 is 2.62 bits per heavy atom. The molecule has 1 aromatic rings. The minimum absolute atomic E-state index is 0.118. The fraction of sp³-hybridized carbons (Fsp3) is 0.500. The van der Waals surface area contributed by atoms with Gasteiger partial charge >= 0.3 is 5.97 Å². The van der Waals surface area contributed by atoms with Crippen molar-refractivity contribution in [1.82, 2.24) is 0 Å². The van der Waals surface area contributed by atoms with Crippen molar-refractivity contribution >= 4 is 35.2 Å². The van der Waals surface area contributed by atoms with E-state index >= 15 is 0 Å². The molecule has 1 saturated heterocycles. The molecule has 1 aliphatic rings. The molecule has 1 aliphatic heterocycles. The van der Waals surface area contributed by atoms with Crippen LogP contribution in [0.2, 0.25) is 0 Å². The first-order valence-electron chi connectivity index (χ1n) is 8.68. The van der Waals surface area contributed by atoms with Crippen LogP contribution in [0.5, 0.6) is 5.75 Å². The average molecular weight is 381 g/mol. The molecule has 0 aliphatic carbocycles. The molecule has 8 heteroatoms.